The molecule has 3 heteroatoms. The fraction of sp³-hybridized carbons (Fsp3) is 0.429. The lowest BCUT2D eigenvalue weighted by molar-refractivity contribution is -0.105. The Bertz CT molecular complexity index is 429. The molecule has 0 heterocycles. The standard InChI is InChI=1S/C12H11NO2.C2H6/c1-12(3-2-4-14)6-10(8-13)5-11(7-12)9-15;1-2/h5-6,9,14H,4,7H2,1H3;1-2H3. The number of allylic oxidation sites excluding steroid dienone is 4. The van der Waals surface area contributed by atoms with Crippen molar-refractivity contribution in [3.05, 3.63) is 23.3 Å². The first kappa shape index (κ1) is 15.2. The highest BCUT2D eigenvalue weighted by atomic mass is 16.2. The van der Waals surface area contributed by atoms with E-state index in [0.717, 1.165) is 6.29 Å². The van der Waals surface area contributed by atoms with Crippen LogP contribution in [0.3, 0.4) is 0 Å². The van der Waals surface area contributed by atoms with Gasteiger partial charge in [-0.1, -0.05) is 25.7 Å². The van der Waals surface area contributed by atoms with Crippen LogP contribution in [0.2, 0.25) is 0 Å². The number of carbonyl (C=O) groups is 1. The third-order valence-corrected chi connectivity index (χ3v) is 2.12. The van der Waals surface area contributed by atoms with Gasteiger partial charge in [0, 0.05) is 5.57 Å². The Labute approximate surface area is 102 Å². The van der Waals surface area contributed by atoms with Gasteiger partial charge in [-0.15, -0.1) is 0 Å². The number of nitrogens with zero attached hydrogens (tertiary/aromatic N) is 1. The van der Waals surface area contributed by atoms with E-state index in [1.807, 2.05) is 26.8 Å². The van der Waals surface area contributed by atoms with E-state index in [4.69, 9.17) is 10.4 Å². The molecule has 3 nitrogen and oxygen atoms in total. The summed E-state index contributed by atoms with van der Waals surface area (Å²) in [5.74, 6) is 5.41. The van der Waals surface area contributed by atoms with Gasteiger partial charge in [0.05, 0.1) is 11.5 Å². The Morgan fingerprint density at radius 1 is 1.59 bits per heavy atom. The second kappa shape index (κ2) is 7.44. The number of carbonyl (C=O) groups excluding carboxylic acids is 1. The van der Waals surface area contributed by atoms with Gasteiger partial charge in [0.1, 0.15) is 12.9 Å². The van der Waals surface area contributed by atoms with Crippen LogP contribution in [0, 0.1) is 28.6 Å². The molecule has 0 aromatic carbocycles. The molecular formula is C14H17NO2. The van der Waals surface area contributed by atoms with Crippen LogP contribution in [0.1, 0.15) is 27.2 Å². The number of nitriles is 1. The molecule has 1 N–H and O–H groups in total. The molecule has 0 saturated heterocycles. The Balaban J connectivity index is 0.00000121. The van der Waals surface area contributed by atoms with Crippen molar-refractivity contribution >= 4 is 6.29 Å². The summed E-state index contributed by atoms with van der Waals surface area (Å²) in [6.07, 6.45) is 4.51. The van der Waals surface area contributed by atoms with Crippen molar-refractivity contribution in [3.63, 3.8) is 0 Å². The Hall–Kier alpha value is -1.84. The maximum atomic E-state index is 10.7. The van der Waals surface area contributed by atoms with E-state index in [2.05, 4.69) is 11.8 Å². The maximum Gasteiger partial charge on any atom is 0.146 e. The van der Waals surface area contributed by atoms with E-state index < -0.39 is 5.41 Å². The molecule has 0 spiro atoms. The van der Waals surface area contributed by atoms with Crippen molar-refractivity contribution in [1.82, 2.24) is 0 Å². The van der Waals surface area contributed by atoms with E-state index in [1.54, 1.807) is 12.2 Å². The first-order valence-electron chi connectivity index (χ1n) is 5.53. The van der Waals surface area contributed by atoms with Gasteiger partial charge in [-0.2, -0.15) is 5.26 Å². The molecule has 0 aliphatic heterocycles. The third-order valence-electron chi connectivity index (χ3n) is 2.12. The lowest BCUT2D eigenvalue weighted by Crippen LogP contribution is -2.16. The molecule has 1 unspecified atom stereocenters. The van der Waals surface area contributed by atoms with Crippen LogP contribution in [0.5, 0.6) is 0 Å². The smallest absolute Gasteiger partial charge is 0.146 e. The maximum absolute atomic E-state index is 10.7. The number of hydrogen-bond donors (Lipinski definition) is 1. The van der Waals surface area contributed by atoms with Crippen molar-refractivity contribution in [2.24, 2.45) is 5.41 Å². The molecule has 0 amide bonds. The summed E-state index contributed by atoms with van der Waals surface area (Å²) in [6, 6.07) is 2.00. The van der Waals surface area contributed by atoms with Crippen molar-refractivity contribution < 1.29 is 9.90 Å². The lowest BCUT2D eigenvalue weighted by Gasteiger charge is -2.23. The van der Waals surface area contributed by atoms with E-state index in [9.17, 15) is 4.79 Å². The summed E-state index contributed by atoms with van der Waals surface area (Å²) in [5.41, 5.74) is 0.473. The summed E-state index contributed by atoms with van der Waals surface area (Å²) < 4.78 is 0. The second-order valence-electron chi connectivity index (χ2n) is 3.60. The zero-order valence-corrected chi connectivity index (χ0v) is 10.4. The molecule has 0 radical (unpaired) electrons. The minimum absolute atomic E-state index is 0.217. The topological polar surface area (TPSA) is 61.1 Å². The molecule has 90 valence electrons. The summed E-state index contributed by atoms with van der Waals surface area (Å²) in [7, 11) is 0. The van der Waals surface area contributed by atoms with Crippen molar-refractivity contribution in [2.45, 2.75) is 27.2 Å². The van der Waals surface area contributed by atoms with Crippen LogP contribution in [0.4, 0.5) is 0 Å². The van der Waals surface area contributed by atoms with Crippen LogP contribution >= 0.6 is 0 Å². The normalized spacial score (nSPS) is 21.6. The fourth-order valence-corrected chi connectivity index (χ4v) is 1.57. The zero-order chi connectivity index (χ0) is 13.3. The summed E-state index contributed by atoms with van der Waals surface area (Å²) in [4.78, 5) is 10.7. The first-order valence-corrected chi connectivity index (χ1v) is 5.53. The van der Waals surface area contributed by atoms with Gasteiger partial charge in [-0.3, -0.25) is 4.79 Å². The molecule has 1 aliphatic rings. The van der Waals surface area contributed by atoms with Gasteiger partial charge in [-0.25, -0.2) is 0 Å². The minimum Gasteiger partial charge on any atom is -0.384 e. The number of aldehydes is 1. The highest BCUT2D eigenvalue weighted by molar-refractivity contribution is 5.76. The lowest BCUT2D eigenvalue weighted by atomic mass is 9.79. The first-order chi connectivity index (χ1) is 8.13. The zero-order valence-electron chi connectivity index (χ0n) is 10.4. The van der Waals surface area contributed by atoms with Crippen LogP contribution in [-0.4, -0.2) is 18.0 Å². The molecular weight excluding hydrogens is 214 g/mol. The predicted molar refractivity (Wildman–Crippen MR) is 66.8 cm³/mol. The number of aliphatic hydroxyl groups is 1. The van der Waals surface area contributed by atoms with E-state index in [-0.39, 0.29) is 6.61 Å². The molecule has 0 bridgehead atoms. The van der Waals surface area contributed by atoms with Gasteiger partial charge >= 0.3 is 0 Å². The van der Waals surface area contributed by atoms with Gasteiger partial charge in [0.25, 0.3) is 0 Å². The third kappa shape index (κ3) is 4.68. The summed E-state index contributed by atoms with van der Waals surface area (Å²) >= 11 is 0. The largest absolute Gasteiger partial charge is 0.384 e. The molecule has 17 heavy (non-hydrogen) atoms. The average molecular weight is 231 g/mol. The summed E-state index contributed by atoms with van der Waals surface area (Å²) in [6.45, 7) is 5.62. The van der Waals surface area contributed by atoms with Crippen LogP contribution < -0.4 is 0 Å². The Morgan fingerprint density at radius 2 is 2.24 bits per heavy atom. The quantitative estimate of drug-likeness (QED) is 0.554. The van der Waals surface area contributed by atoms with Crippen LogP contribution in [0.25, 0.3) is 0 Å². The molecule has 0 aromatic heterocycles. The fourth-order valence-electron chi connectivity index (χ4n) is 1.57. The van der Waals surface area contributed by atoms with E-state index in [1.165, 1.54) is 0 Å². The minimum atomic E-state index is -0.529. The van der Waals surface area contributed by atoms with E-state index in [0.29, 0.717) is 17.6 Å². The highest BCUT2D eigenvalue weighted by Crippen LogP contribution is 2.32. The number of hydrogen-bond acceptors (Lipinski definition) is 3. The SMILES string of the molecule is CC.CC1(C#CCO)C=C(C#N)C=C(C=O)C1. The van der Waals surface area contributed by atoms with E-state index >= 15 is 0 Å². The van der Waals surface area contributed by atoms with Gasteiger partial charge in [0.15, 0.2) is 0 Å². The second-order valence-corrected chi connectivity index (χ2v) is 3.60. The van der Waals surface area contributed by atoms with Crippen molar-refractivity contribution in [2.75, 3.05) is 6.61 Å². The number of aliphatic hydroxyl groups excluding tert-OH is 1. The van der Waals surface area contributed by atoms with Crippen molar-refractivity contribution in [1.29, 1.82) is 5.26 Å². The average Bonchev–Trinajstić information content (AvgIpc) is 2.38. The molecule has 0 saturated carbocycles. The molecule has 0 fully saturated rings. The molecule has 1 atom stereocenters. The van der Waals surface area contributed by atoms with Crippen LogP contribution in [-0.2, 0) is 4.79 Å². The Morgan fingerprint density at radius 3 is 2.71 bits per heavy atom. The predicted octanol–water partition coefficient (Wildman–Crippen LogP) is 1.99. The molecule has 0 aromatic rings. The van der Waals surface area contributed by atoms with Gasteiger partial charge < -0.3 is 5.11 Å². The monoisotopic (exact) mass is 231 g/mol. The molecule has 1 aliphatic carbocycles. The van der Waals surface area contributed by atoms with Crippen molar-refractivity contribution in [3.8, 4) is 17.9 Å². The van der Waals surface area contributed by atoms with Crippen LogP contribution in [0.15, 0.2) is 23.3 Å². The molecule has 1 rings (SSSR count). The summed E-state index contributed by atoms with van der Waals surface area (Å²) in [5, 5.41) is 17.4. The number of rotatable bonds is 1. The Kier molecular flexibility index (Phi) is 6.63. The van der Waals surface area contributed by atoms with Gasteiger partial charge in [0.2, 0.25) is 0 Å². The van der Waals surface area contributed by atoms with Gasteiger partial charge in [-0.05, 0) is 31.1 Å². The highest BCUT2D eigenvalue weighted by Gasteiger charge is 2.24.